The Hall–Kier alpha value is -0.120. The molecule has 1 aromatic carbocycles. The van der Waals surface area contributed by atoms with Gasteiger partial charge in [0.2, 0.25) is 0 Å². The van der Waals surface area contributed by atoms with Gasteiger partial charge in [0.15, 0.2) is 0 Å². The minimum atomic E-state index is -0.517. The summed E-state index contributed by atoms with van der Waals surface area (Å²) in [5.41, 5.74) is 6.29. The van der Waals surface area contributed by atoms with E-state index in [1.807, 2.05) is 24.3 Å². The minimum absolute atomic E-state index is 0. The summed E-state index contributed by atoms with van der Waals surface area (Å²) in [7, 11) is 0. The normalized spacial score (nSPS) is 11.9. The van der Waals surface area contributed by atoms with Crippen molar-refractivity contribution in [3.05, 3.63) is 34.3 Å². The zero-order chi connectivity index (χ0) is 8.27. The topological polar surface area (TPSA) is 26.0 Å². The second kappa shape index (κ2) is 5.51. The molecule has 0 fully saturated rings. The summed E-state index contributed by atoms with van der Waals surface area (Å²) in [5.74, 6) is 0. The maximum atomic E-state index is 12.1. The summed E-state index contributed by atoms with van der Waals surface area (Å²) in [5, 5.41) is 0. The van der Waals surface area contributed by atoms with Gasteiger partial charge in [-0.3, -0.25) is 0 Å². The predicted molar refractivity (Wildman–Crippen MR) is 54.3 cm³/mol. The summed E-state index contributed by atoms with van der Waals surface area (Å²) in [6, 6.07) is 6.87. The van der Waals surface area contributed by atoms with Crippen molar-refractivity contribution in [3.63, 3.8) is 0 Å². The van der Waals surface area contributed by atoms with Crippen LogP contribution < -0.4 is 5.73 Å². The van der Waals surface area contributed by atoms with Gasteiger partial charge in [-0.15, -0.1) is 12.4 Å². The lowest BCUT2D eigenvalue weighted by Crippen LogP contribution is -2.11. The van der Waals surface area contributed by atoms with Gasteiger partial charge in [0, 0.05) is 4.47 Å². The van der Waals surface area contributed by atoms with Gasteiger partial charge in [-0.05, 0) is 17.7 Å². The quantitative estimate of drug-likeness (QED) is 0.863. The van der Waals surface area contributed by atoms with E-state index in [4.69, 9.17) is 5.73 Å². The van der Waals surface area contributed by atoms with Crippen LogP contribution in [-0.2, 0) is 0 Å². The average molecular weight is 255 g/mol. The number of hydrogen-bond acceptors (Lipinski definition) is 1. The Kier molecular flexibility index (Phi) is 5.46. The predicted octanol–water partition coefficient (Wildman–Crippen LogP) is 2.84. The van der Waals surface area contributed by atoms with E-state index in [-0.39, 0.29) is 12.4 Å². The maximum absolute atomic E-state index is 12.1. The molecular formula is C8H10BrClFN. The lowest BCUT2D eigenvalue weighted by Gasteiger charge is -2.06. The molecule has 0 aromatic heterocycles. The fraction of sp³-hybridized carbons (Fsp3) is 0.250. The van der Waals surface area contributed by atoms with Crippen LogP contribution in [0.1, 0.15) is 11.6 Å². The van der Waals surface area contributed by atoms with Crippen LogP contribution >= 0.6 is 28.3 Å². The van der Waals surface area contributed by atoms with Crippen molar-refractivity contribution >= 4 is 28.3 Å². The molecule has 1 rings (SSSR count). The van der Waals surface area contributed by atoms with Crippen LogP contribution in [0.5, 0.6) is 0 Å². The molecule has 2 N–H and O–H groups in total. The Labute approximate surface area is 85.7 Å². The van der Waals surface area contributed by atoms with E-state index in [9.17, 15) is 4.39 Å². The van der Waals surface area contributed by atoms with E-state index < -0.39 is 12.7 Å². The van der Waals surface area contributed by atoms with Crippen molar-refractivity contribution in [3.8, 4) is 0 Å². The molecule has 0 spiro atoms. The molecule has 0 saturated heterocycles. The molecule has 0 bridgehead atoms. The molecule has 1 atom stereocenters. The molecule has 68 valence electrons. The van der Waals surface area contributed by atoms with Gasteiger partial charge >= 0.3 is 0 Å². The highest BCUT2D eigenvalue weighted by Gasteiger charge is 2.03. The summed E-state index contributed by atoms with van der Waals surface area (Å²) >= 11 is 3.28. The van der Waals surface area contributed by atoms with E-state index in [0.717, 1.165) is 10.0 Å². The number of rotatable bonds is 2. The molecule has 0 unspecified atom stereocenters. The van der Waals surface area contributed by atoms with Crippen molar-refractivity contribution in [2.45, 2.75) is 6.04 Å². The second-order valence-electron chi connectivity index (χ2n) is 2.32. The third-order valence-corrected chi connectivity index (χ3v) is 1.94. The summed E-state index contributed by atoms with van der Waals surface area (Å²) in [6.07, 6.45) is 0. The Morgan fingerprint density at radius 3 is 2.67 bits per heavy atom. The largest absolute Gasteiger partial charge is 0.322 e. The SMILES string of the molecule is Cl.N[C@H](CF)c1cccc(Br)c1. The first kappa shape index (κ1) is 11.9. The lowest BCUT2D eigenvalue weighted by atomic mass is 10.1. The molecular weight excluding hydrogens is 244 g/mol. The second-order valence-corrected chi connectivity index (χ2v) is 3.23. The fourth-order valence-electron chi connectivity index (χ4n) is 0.826. The van der Waals surface area contributed by atoms with Gasteiger partial charge in [0.25, 0.3) is 0 Å². The molecule has 1 aromatic rings. The first-order chi connectivity index (χ1) is 5.24. The monoisotopic (exact) mass is 253 g/mol. The number of nitrogens with two attached hydrogens (primary N) is 1. The first-order valence-electron chi connectivity index (χ1n) is 3.31. The van der Waals surface area contributed by atoms with Gasteiger partial charge in [-0.1, -0.05) is 28.1 Å². The van der Waals surface area contributed by atoms with E-state index >= 15 is 0 Å². The van der Waals surface area contributed by atoms with Gasteiger partial charge in [0.1, 0.15) is 6.67 Å². The van der Waals surface area contributed by atoms with Gasteiger partial charge in [0.05, 0.1) is 6.04 Å². The zero-order valence-electron chi connectivity index (χ0n) is 6.34. The highest BCUT2D eigenvalue weighted by molar-refractivity contribution is 9.10. The molecule has 0 aliphatic heterocycles. The molecule has 4 heteroatoms. The Bertz CT molecular complexity index is 244. The number of benzene rings is 1. The summed E-state index contributed by atoms with van der Waals surface area (Å²) in [4.78, 5) is 0. The zero-order valence-corrected chi connectivity index (χ0v) is 8.74. The smallest absolute Gasteiger partial charge is 0.109 e. The van der Waals surface area contributed by atoms with Crippen LogP contribution in [0, 0.1) is 0 Å². The first-order valence-corrected chi connectivity index (χ1v) is 4.10. The van der Waals surface area contributed by atoms with Crippen molar-refractivity contribution in [2.75, 3.05) is 6.67 Å². The standard InChI is InChI=1S/C8H9BrFN.ClH/c9-7-3-1-2-6(4-7)8(11)5-10;/h1-4,8H,5,11H2;1H/t8-;/m1./s1. The van der Waals surface area contributed by atoms with Crippen LogP contribution in [0.15, 0.2) is 28.7 Å². The average Bonchev–Trinajstić information content (AvgIpc) is 2.03. The van der Waals surface area contributed by atoms with Crippen LogP contribution in [-0.4, -0.2) is 6.67 Å². The van der Waals surface area contributed by atoms with Gasteiger partial charge in [-0.2, -0.15) is 0 Å². The Morgan fingerprint density at radius 2 is 2.17 bits per heavy atom. The van der Waals surface area contributed by atoms with Crippen LogP contribution in [0.4, 0.5) is 4.39 Å². The van der Waals surface area contributed by atoms with E-state index in [1.54, 1.807) is 0 Å². The van der Waals surface area contributed by atoms with Crippen LogP contribution in [0.25, 0.3) is 0 Å². The molecule has 0 radical (unpaired) electrons. The number of hydrogen-bond donors (Lipinski definition) is 1. The Morgan fingerprint density at radius 1 is 1.50 bits per heavy atom. The highest BCUT2D eigenvalue weighted by Crippen LogP contribution is 2.16. The van der Waals surface area contributed by atoms with Crippen LogP contribution in [0.3, 0.4) is 0 Å². The summed E-state index contributed by atoms with van der Waals surface area (Å²) < 4.78 is 13.0. The molecule has 0 amide bonds. The Balaban J connectivity index is 0.00000121. The lowest BCUT2D eigenvalue weighted by molar-refractivity contribution is 0.437. The number of alkyl halides is 1. The highest BCUT2D eigenvalue weighted by atomic mass is 79.9. The molecule has 0 saturated carbocycles. The van der Waals surface area contributed by atoms with Crippen LogP contribution in [0.2, 0.25) is 0 Å². The summed E-state index contributed by atoms with van der Waals surface area (Å²) in [6.45, 7) is -0.517. The molecule has 0 heterocycles. The van der Waals surface area contributed by atoms with Crippen molar-refractivity contribution < 1.29 is 4.39 Å². The van der Waals surface area contributed by atoms with Crippen molar-refractivity contribution in [1.29, 1.82) is 0 Å². The maximum Gasteiger partial charge on any atom is 0.109 e. The van der Waals surface area contributed by atoms with Gasteiger partial charge in [-0.25, -0.2) is 4.39 Å². The molecule has 0 aliphatic rings. The molecule has 12 heavy (non-hydrogen) atoms. The van der Waals surface area contributed by atoms with Crippen molar-refractivity contribution in [2.24, 2.45) is 5.73 Å². The third-order valence-electron chi connectivity index (χ3n) is 1.44. The number of halogens is 3. The van der Waals surface area contributed by atoms with E-state index in [0.29, 0.717) is 0 Å². The molecule has 1 nitrogen and oxygen atoms in total. The van der Waals surface area contributed by atoms with Gasteiger partial charge < -0.3 is 5.73 Å². The third kappa shape index (κ3) is 3.09. The minimum Gasteiger partial charge on any atom is -0.322 e. The van der Waals surface area contributed by atoms with Crippen molar-refractivity contribution in [1.82, 2.24) is 0 Å². The fourth-order valence-corrected chi connectivity index (χ4v) is 1.24. The molecule has 0 aliphatic carbocycles. The van der Waals surface area contributed by atoms with E-state index in [1.165, 1.54) is 0 Å². The van der Waals surface area contributed by atoms with E-state index in [2.05, 4.69) is 15.9 Å².